The molecule has 1 aromatic rings. The number of ether oxygens (including phenoxy) is 2. The highest BCUT2D eigenvalue weighted by atomic mass is 16.5. The molecule has 1 fully saturated rings. The van der Waals surface area contributed by atoms with E-state index in [-0.39, 0.29) is 5.91 Å². The van der Waals surface area contributed by atoms with E-state index < -0.39 is 0 Å². The van der Waals surface area contributed by atoms with E-state index in [1.54, 1.807) is 7.11 Å². The lowest BCUT2D eigenvalue weighted by atomic mass is 10.1. The number of nitrogens with one attached hydrogen (secondary N) is 2. The molecule has 7 nitrogen and oxygen atoms in total. The number of benzene rings is 1. The molecule has 1 aliphatic heterocycles. The predicted octanol–water partition coefficient (Wildman–Crippen LogP) is 2.42. The number of carbonyl (C=O) groups excluding carboxylic acids is 1. The van der Waals surface area contributed by atoms with Gasteiger partial charge in [0.2, 0.25) is 0 Å². The maximum Gasteiger partial charge on any atom is 0.251 e. The molecule has 0 saturated carbocycles. The van der Waals surface area contributed by atoms with Gasteiger partial charge in [0.1, 0.15) is 0 Å². The Morgan fingerprint density at radius 2 is 2.03 bits per heavy atom. The van der Waals surface area contributed by atoms with Crippen molar-refractivity contribution < 1.29 is 14.3 Å². The summed E-state index contributed by atoms with van der Waals surface area (Å²) in [7, 11) is 3.53. The molecule has 1 saturated heterocycles. The van der Waals surface area contributed by atoms with Crippen molar-refractivity contribution >= 4 is 11.9 Å². The molecule has 0 atom stereocenters. The molecule has 0 unspecified atom stereocenters. The van der Waals surface area contributed by atoms with Crippen LogP contribution >= 0.6 is 0 Å². The van der Waals surface area contributed by atoms with Gasteiger partial charge >= 0.3 is 0 Å². The largest absolute Gasteiger partial charge is 0.385 e. The number of carbonyl (C=O) groups is 1. The quantitative estimate of drug-likeness (QED) is 0.356. The monoisotopic (exact) mass is 404 g/mol. The minimum absolute atomic E-state index is 0.0225. The third-order valence-corrected chi connectivity index (χ3v) is 4.98. The van der Waals surface area contributed by atoms with Gasteiger partial charge in [0, 0.05) is 59.1 Å². The zero-order chi connectivity index (χ0) is 20.9. The van der Waals surface area contributed by atoms with Crippen LogP contribution in [0, 0.1) is 0 Å². The zero-order valence-electron chi connectivity index (χ0n) is 18.1. The zero-order valence-corrected chi connectivity index (χ0v) is 18.1. The molecular formula is C22H36N4O3. The summed E-state index contributed by atoms with van der Waals surface area (Å²) in [5, 5.41) is 6.35. The molecule has 1 amide bonds. The molecule has 162 valence electrons. The lowest BCUT2D eigenvalue weighted by molar-refractivity contribution is 0.00989. The first-order valence-electron chi connectivity index (χ1n) is 10.6. The second-order valence-electron chi connectivity index (χ2n) is 7.26. The standard InChI is InChI=1S/C22H36N4O3/c1-4-11-24-21(27)19-8-5-7-18(16-19)17-25-22(23-2)26-12-9-20(10-13-26)29-15-6-14-28-3/h5,7-8,16,20H,4,6,9-15,17H2,1-3H3,(H,23,25)(H,24,27). The highest BCUT2D eigenvalue weighted by molar-refractivity contribution is 5.94. The number of amides is 1. The topological polar surface area (TPSA) is 75.2 Å². The van der Waals surface area contributed by atoms with Gasteiger partial charge in [-0.15, -0.1) is 0 Å². The maximum atomic E-state index is 12.2. The van der Waals surface area contributed by atoms with E-state index in [1.807, 2.05) is 38.2 Å². The van der Waals surface area contributed by atoms with Crippen LogP contribution in [-0.2, 0) is 16.0 Å². The van der Waals surface area contributed by atoms with Crippen LogP contribution in [0.2, 0.25) is 0 Å². The molecule has 1 aliphatic rings. The number of hydrogen-bond acceptors (Lipinski definition) is 4. The van der Waals surface area contributed by atoms with Gasteiger partial charge in [-0.25, -0.2) is 0 Å². The number of likely N-dealkylation sites (tertiary alicyclic amines) is 1. The summed E-state index contributed by atoms with van der Waals surface area (Å²) < 4.78 is 11.0. The number of piperidine rings is 1. The Labute approximate surface area is 174 Å². The van der Waals surface area contributed by atoms with Gasteiger partial charge in [-0.2, -0.15) is 0 Å². The van der Waals surface area contributed by atoms with Crippen molar-refractivity contribution in [3.05, 3.63) is 35.4 Å². The third kappa shape index (κ3) is 8.03. The Kier molecular flexibility index (Phi) is 10.5. The van der Waals surface area contributed by atoms with Crippen molar-refractivity contribution in [1.82, 2.24) is 15.5 Å². The number of hydrogen-bond donors (Lipinski definition) is 2. The minimum Gasteiger partial charge on any atom is -0.385 e. The Bertz CT molecular complexity index is 643. The molecule has 2 N–H and O–H groups in total. The molecular weight excluding hydrogens is 368 g/mol. The summed E-state index contributed by atoms with van der Waals surface area (Å²) in [5.41, 5.74) is 1.76. The maximum absolute atomic E-state index is 12.2. The van der Waals surface area contributed by atoms with Gasteiger partial charge in [-0.05, 0) is 43.4 Å². The summed E-state index contributed by atoms with van der Waals surface area (Å²) >= 11 is 0. The van der Waals surface area contributed by atoms with Gasteiger partial charge < -0.3 is 25.0 Å². The van der Waals surface area contributed by atoms with Crippen molar-refractivity contribution in [2.45, 2.75) is 45.3 Å². The van der Waals surface area contributed by atoms with Gasteiger partial charge in [0.15, 0.2) is 5.96 Å². The van der Waals surface area contributed by atoms with Crippen LogP contribution < -0.4 is 10.6 Å². The lowest BCUT2D eigenvalue weighted by Crippen LogP contribution is -2.46. The highest BCUT2D eigenvalue weighted by Crippen LogP contribution is 2.14. The second kappa shape index (κ2) is 13.2. The van der Waals surface area contributed by atoms with E-state index in [1.165, 1.54) is 0 Å². The van der Waals surface area contributed by atoms with E-state index in [0.717, 1.165) is 63.5 Å². The lowest BCUT2D eigenvalue weighted by Gasteiger charge is -2.34. The molecule has 1 heterocycles. The van der Waals surface area contributed by atoms with E-state index in [0.29, 0.717) is 24.8 Å². The summed E-state index contributed by atoms with van der Waals surface area (Å²) in [4.78, 5) is 18.9. The fourth-order valence-corrected chi connectivity index (χ4v) is 3.36. The van der Waals surface area contributed by atoms with Crippen LogP contribution in [0.15, 0.2) is 29.3 Å². The van der Waals surface area contributed by atoms with Crippen LogP contribution in [0.3, 0.4) is 0 Å². The van der Waals surface area contributed by atoms with Crippen LogP contribution in [0.25, 0.3) is 0 Å². The Morgan fingerprint density at radius 1 is 1.24 bits per heavy atom. The first-order chi connectivity index (χ1) is 14.2. The van der Waals surface area contributed by atoms with Crippen LogP contribution in [0.4, 0.5) is 0 Å². The number of aliphatic imine (C=N–C) groups is 1. The minimum atomic E-state index is -0.0225. The highest BCUT2D eigenvalue weighted by Gasteiger charge is 2.21. The number of guanidine groups is 1. The Balaban J connectivity index is 1.79. The first-order valence-corrected chi connectivity index (χ1v) is 10.6. The molecule has 2 rings (SSSR count). The average Bonchev–Trinajstić information content (AvgIpc) is 2.76. The summed E-state index contributed by atoms with van der Waals surface area (Å²) in [6.07, 6.45) is 4.19. The second-order valence-corrected chi connectivity index (χ2v) is 7.26. The van der Waals surface area contributed by atoms with Crippen molar-refractivity contribution in [3.8, 4) is 0 Å². The fraction of sp³-hybridized carbons (Fsp3) is 0.636. The number of nitrogens with zero attached hydrogens (tertiary/aromatic N) is 2. The van der Waals surface area contributed by atoms with Crippen LogP contribution in [0.5, 0.6) is 0 Å². The van der Waals surface area contributed by atoms with Crippen molar-refractivity contribution in [3.63, 3.8) is 0 Å². The average molecular weight is 405 g/mol. The van der Waals surface area contributed by atoms with Gasteiger partial charge in [-0.3, -0.25) is 9.79 Å². The van der Waals surface area contributed by atoms with E-state index in [4.69, 9.17) is 9.47 Å². The smallest absolute Gasteiger partial charge is 0.251 e. The molecule has 29 heavy (non-hydrogen) atoms. The molecule has 0 spiro atoms. The van der Waals surface area contributed by atoms with Gasteiger partial charge in [-0.1, -0.05) is 19.1 Å². The molecule has 7 heteroatoms. The predicted molar refractivity (Wildman–Crippen MR) is 116 cm³/mol. The number of rotatable bonds is 10. The van der Waals surface area contributed by atoms with E-state index in [9.17, 15) is 4.79 Å². The molecule has 1 aromatic carbocycles. The van der Waals surface area contributed by atoms with Crippen molar-refractivity contribution in [2.75, 3.05) is 47.0 Å². The molecule has 0 aliphatic carbocycles. The van der Waals surface area contributed by atoms with E-state index in [2.05, 4.69) is 20.5 Å². The van der Waals surface area contributed by atoms with Crippen LogP contribution in [-0.4, -0.2) is 69.9 Å². The van der Waals surface area contributed by atoms with Crippen molar-refractivity contribution in [1.29, 1.82) is 0 Å². The Morgan fingerprint density at radius 3 is 2.72 bits per heavy atom. The van der Waals surface area contributed by atoms with Crippen LogP contribution in [0.1, 0.15) is 48.5 Å². The fourth-order valence-electron chi connectivity index (χ4n) is 3.36. The third-order valence-electron chi connectivity index (χ3n) is 4.98. The molecule has 0 radical (unpaired) electrons. The summed E-state index contributed by atoms with van der Waals surface area (Å²) in [6, 6.07) is 7.73. The van der Waals surface area contributed by atoms with Crippen molar-refractivity contribution in [2.24, 2.45) is 4.99 Å². The summed E-state index contributed by atoms with van der Waals surface area (Å²) in [5.74, 6) is 0.870. The Hall–Kier alpha value is -2.12. The molecule has 0 bridgehead atoms. The SMILES string of the molecule is CCCNC(=O)c1cccc(CNC(=NC)N2CCC(OCCCOC)CC2)c1. The van der Waals surface area contributed by atoms with E-state index >= 15 is 0 Å². The van der Waals surface area contributed by atoms with Gasteiger partial charge in [0.25, 0.3) is 5.91 Å². The number of methoxy groups -OCH3 is 1. The first kappa shape index (κ1) is 23.2. The summed E-state index contributed by atoms with van der Waals surface area (Å²) in [6.45, 7) is 6.73. The molecule has 0 aromatic heterocycles. The van der Waals surface area contributed by atoms with Gasteiger partial charge in [0.05, 0.1) is 6.10 Å². The normalized spacial score (nSPS) is 15.4.